The maximum absolute atomic E-state index is 6.17. The fourth-order valence-electron chi connectivity index (χ4n) is 3.59. The highest BCUT2D eigenvalue weighted by Crippen LogP contribution is 2.36. The van der Waals surface area contributed by atoms with Crippen LogP contribution in [-0.2, 0) is 6.61 Å². The van der Waals surface area contributed by atoms with E-state index < -0.39 is 0 Å². The van der Waals surface area contributed by atoms with Gasteiger partial charge in [0.2, 0.25) is 5.88 Å². The van der Waals surface area contributed by atoms with Gasteiger partial charge in [-0.25, -0.2) is 4.98 Å². The third-order valence-corrected chi connectivity index (χ3v) is 5.80. The minimum atomic E-state index is 0.459. The van der Waals surface area contributed by atoms with Crippen molar-refractivity contribution in [2.45, 2.75) is 6.61 Å². The number of halogens is 1. The molecule has 152 valence electrons. The number of H-pyrrole nitrogens is 1. The maximum atomic E-state index is 6.17. The van der Waals surface area contributed by atoms with E-state index in [-0.39, 0.29) is 0 Å². The molecule has 0 unspecified atom stereocenters. The van der Waals surface area contributed by atoms with Gasteiger partial charge >= 0.3 is 0 Å². The van der Waals surface area contributed by atoms with E-state index in [4.69, 9.17) is 4.74 Å². The molecule has 5 aromatic rings. The Morgan fingerprint density at radius 2 is 1.71 bits per heavy atom. The van der Waals surface area contributed by atoms with Crippen LogP contribution in [0.2, 0.25) is 0 Å². The second-order valence-corrected chi connectivity index (χ2v) is 8.05. The first-order valence-electron chi connectivity index (χ1n) is 10.0. The number of ether oxygens (including phenoxy) is 1. The van der Waals surface area contributed by atoms with Crippen LogP contribution in [0.15, 0.2) is 102 Å². The van der Waals surface area contributed by atoms with Crippen LogP contribution in [0.5, 0.6) is 5.88 Å². The van der Waals surface area contributed by atoms with Crippen molar-refractivity contribution in [1.82, 2.24) is 9.97 Å². The molecule has 2 heterocycles. The van der Waals surface area contributed by atoms with E-state index in [9.17, 15) is 0 Å². The molecular weight excluding hydrogens is 450 g/mol. The number of nitrogens with zero attached hydrogens (tertiary/aromatic N) is 1. The number of rotatable bonds is 6. The number of nitrogens with one attached hydrogen (secondary N) is 2. The zero-order valence-corrected chi connectivity index (χ0v) is 18.3. The maximum Gasteiger partial charge on any atom is 0.221 e. The number of aromatic amines is 1. The average molecular weight is 470 g/mol. The fraction of sp³-hybridized carbons (Fsp3) is 0.0385. The van der Waals surface area contributed by atoms with Gasteiger partial charge in [0.1, 0.15) is 6.61 Å². The van der Waals surface area contributed by atoms with Crippen LogP contribution in [0.4, 0.5) is 11.4 Å². The van der Waals surface area contributed by atoms with Gasteiger partial charge in [-0.2, -0.15) is 0 Å². The SMILES string of the molecule is Brc1ccccc1Nc1cnc(OCc2ccccc2)c(-c2cccc3[nH]ccc23)c1. The molecule has 0 aliphatic heterocycles. The molecule has 5 heteroatoms. The Labute approximate surface area is 189 Å². The van der Waals surface area contributed by atoms with Crippen molar-refractivity contribution < 1.29 is 4.74 Å². The number of benzene rings is 3. The van der Waals surface area contributed by atoms with Crippen molar-refractivity contribution in [3.63, 3.8) is 0 Å². The first-order valence-corrected chi connectivity index (χ1v) is 10.8. The summed E-state index contributed by atoms with van der Waals surface area (Å²) < 4.78 is 7.17. The molecule has 0 fully saturated rings. The summed E-state index contributed by atoms with van der Waals surface area (Å²) in [4.78, 5) is 7.96. The molecule has 4 nitrogen and oxygen atoms in total. The molecule has 0 atom stereocenters. The van der Waals surface area contributed by atoms with Crippen molar-refractivity contribution in [1.29, 1.82) is 0 Å². The van der Waals surface area contributed by atoms with Crippen molar-refractivity contribution in [2.75, 3.05) is 5.32 Å². The van der Waals surface area contributed by atoms with Gasteiger partial charge in [0.25, 0.3) is 0 Å². The molecule has 0 saturated heterocycles. The summed E-state index contributed by atoms with van der Waals surface area (Å²) in [5.74, 6) is 0.607. The van der Waals surface area contributed by atoms with E-state index in [1.807, 2.05) is 54.7 Å². The predicted octanol–water partition coefficient (Wildman–Crippen LogP) is 7.32. The molecule has 2 N–H and O–H groups in total. The van der Waals surface area contributed by atoms with Crippen LogP contribution >= 0.6 is 15.9 Å². The van der Waals surface area contributed by atoms with Crippen molar-refractivity contribution in [2.24, 2.45) is 0 Å². The number of aromatic nitrogens is 2. The largest absolute Gasteiger partial charge is 0.472 e. The predicted molar refractivity (Wildman–Crippen MR) is 130 cm³/mol. The van der Waals surface area contributed by atoms with Gasteiger partial charge in [0.05, 0.1) is 17.6 Å². The van der Waals surface area contributed by atoms with Crippen molar-refractivity contribution in [3.8, 4) is 17.0 Å². The number of fused-ring (bicyclic) bond motifs is 1. The van der Waals surface area contributed by atoms with Gasteiger partial charge in [-0.15, -0.1) is 0 Å². The first-order chi connectivity index (χ1) is 15.3. The van der Waals surface area contributed by atoms with Crippen molar-refractivity contribution >= 4 is 38.2 Å². The molecule has 0 bridgehead atoms. The quantitative estimate of drug-likeness (QED) is 0.274. The smallest absolute Gasteiger partial charge is 0.221 e. The van der Waals surface area contributed by atoms with E-state index in [0.29, 0.717) is 12.5 Å². The number of hydrogen-bond acceptors (Lipinski definition) is 3. The van der Waals surface area contributed by atoms with Gasteiger partial charge in [-0.1, -0.05) is 54.6 Å². The molecule has 0 aliphatic rings. The molecular formula is C26H20BrN3O. The monoisotopic (exact) mass is 469 g/mol. The van der Waals surface area contributed by atoms with Gasteiger partial charge in [0.15, 0.2) is 0 Å². The Hall–Kier alpha value is -3.57. The van der Waals surface area contributed by atoms with Gasteiger partial charge in [-0.05, 0) is 57.4 Å². The minimum absolute atomic E-state index is 0.459. The molecule has 0 radical (unpaired) electrons. The third-order valence-electron chi connectivity index (χ3n) is 5.11. The second kappa shape index (κ2) is 8.66. The molecule has 5 rings (SSSR count). The summed E-state index contributed by atoms with van der Waals surface area (Å²) in [6, 6.07) is 28.5. The Morgan fingerprint density at radius 3 is 2.58 bits per heavy atom. The second-order valence-electron chi connectivity index (χ2n) is 7.20. The zero-order chi connectivity index (χ0) is 21.0. The summed E-state index contributed by atoms with van der Waals surface area (Å²) in [7, 11) is 0. The van der Waals surface area contributed by atoms with Gasteiger partial charge in [0, 0.05) is 27.1 Å². The van der Waals surface area contributed by atoms with Gasteiger partial charge in [-0.3, -0.25) is 0 Å². The van der Waals surface area contributed by atoms with E-state index in [0.717, 1.165) is 43.4 Å². The fourth-order valence-corrected chi connectivity index (χ4v) is 3.98. The number of hydrogen-bond donors (Lipinski definition) is 2. The Bertz CT molecular complexity index is 1330. The lowest BCUT2D eigenvalue weighted by molar-refractivity contribution is 0.295. The Balaban J connectivity index is 1.55. The van der Waals surface area contributed by atoms with E-state index in [1.165, 1.54) is 0 Å². The van der Waals surface area contributed by atoms with Crippen LogP contribution in [0, 0.1) is 0 Å². The first kappa shape index (κ1) is 19.4. The Kier molecular flexibility index (Phi) is 5.42. The highest BCUT2D eigenvalue weighted by Gasteiger charge is 2.14. The van der Waals surface area contributed by atoms with Crippen LogP contribution < -0.4 is 10.1 Å². The highest BCUT2D eigenvalue weighted by molar-refractivity contribution is 9.10. The summed E-state index contributed by atoms with van der Waals surface area (Å²) in [6.07, 6.45) is 3.76. The Morgan fingerprint density at radius 1 is 0.871 bits per heavy atom. The molecule has 0 spiro atoms. The van der Waals surface area contributed by atoms with Crippen LogP contribution in [0.1, 0.15) is 5.56 Å². The molecule has 3 aromatic carbocycles. The van der Waals surface area contributed by atoms with Crippen LogP contribution in [0.25, 0.3) is 22.0 Å². The molecule has 0 amide bonds. The van der Waals surface area contributed by atoms with Gasteiger partial charge < -0.3 is 15.0 Å². The van der Waals surface area contributed by atoms with E-state index in [1.54, 1.807) is 6.20 Å². The average Bonchev–Trinajstić information content (AvgIpc) is 3.29. The minimum Gasteiger partial charge on any atom is -0.472 e. The summed E-state index contributed by atoms with van der Waals surface area (Å²) in [6.45, 7) is 0.459. The van der Waals surface area contributed by atoms with Crippen LogP contribution in [-0.4, -0.2) is 9.97 Å². The summed E-state index contributed by atoms with van der Waals surface area (Å²) in [5, 5.41) is 4.58. The highest BCUT2D eigenvalue weighted by atomic mass is 79.9. The standard InChI is InChI=1S/C26H20BrN3O/c27-23-10-4-5-11-25(23)30-19-15-22(20-9-6-12-24-21(20)13-14-28-24)26(29-16-19)31-17-18-7-2-1-3-8-18/h1-16,28,30H,17H2. The molecule has 2 aromatic heterocycles. The summed E-state index contributed by atoms with van der Waals surface area (Å²) >= 11 is 3.60. The zero-order valence-electron chi connectivity index (χ0n) is 16.7. The topological polar surface area (TPSA) is 49.9 Å². The lowest BCUT2D eigenvalue weighted by Gasteiger charge is -2.15. The normalized spacial score (nSPS) is 10.9. The lowest BCUT2D eigenvalue weighted by Crippen LogP contribution is -2.01. The molecule has 0 saturated carbocycles. The third kappa shape index (κ3) is 4.18. The molecule has 0 aliphatic carbocycles. The summed E-state index contributed by atoms with van der Waals surface area (Å²) in [5.41, 5.74) is 6.07. The molecule has 31 heavy (non-hydrogen) atoms. The van der Waals surface area contributed by atoms with E-state index in [2.05, 4.69) is 67.6 Å². The lowest BCUT2D eigenvalue weighted by atomic mass is 10.0. The number of anilines is 2. The number of pyridine rings is 1. The van der Waals surface area contributed by atoms with E-state index >= 15 is 0 Å². The van der Waals surface area contributed by atoms with Crippen LogP contribution in [0.3, 0.4) is 0 Å². The number of para-hydroxylation sites is 1. The van der Waals surface area contributed by atoms with Crippen molar-refractivity contribution in [3.05, 3.63) is 107 Å².